The van der Waals surface area contributed by atoms with E-state index in [0.29, 0.717) is 28.0 Å². The predicted molar refractivity (Wildman–Crippen MR) is 81.1 cm³/mol. The normalized spacial score (nSPS) is 9.95. The van der Waals surface area contributed by atoms with Gasteiger partial charge in [0.05, 0.1) is 23.0 Å². The Balaban J connectivity index is 1.88. The van der Waals surface area contributed by atoms with Crippen molar-refractivity contribution in [1.82, 2.24) is 15.0 Å². The maximum absolute atomic E-state index is 12.0. The highest BCUT2D eigenvalue weighted by molar-refractivity contribution is 6.05. The number of nitriles is 1. The molecule has 0 aliphatic rings. The van der Waals surface area contributed by atoms with Gasteiger partial charge in [-0.1, -0.05) is 12.1 Å². The van der Waals surface area contributed by atoms with E-state index >= 15 is 0 Å². The maximum Gasteiger partial charge on any atom is 0.324 e. The van der Waals surface area contributed by atoms with Gasteiger partial charge < -0.3 is 5.32 Å². The first kappa shape index (κ1) is 13.5. The van der Waals surface area contributed by atoms with E-state index in [0.717, 1.165) is 0 Å². The number of benzene rings is 1. The van der Waals surface area contributed by atoms with Gasteiger partial charge in [0.25, 0.3) is 0 Å². The van der Waals surface area contributed by atoms with E-state index in [-0.39, 0.29) is 0 Å². The summed E-state index contributed by atoms with van der Waals surface area (Å²) < 4.78 is 0. The van der Waals surface area contributed by atoms with Gasteiger partial charge in [-0.3, -0.25) is 15.3 Å². The lowest BCUT2D eigenvalue weighted by atomic mass is 10.1. The average Bonchev–Trinajstić information content (AvgIpc) is 2.55. The van der Waals surface area contributed by atoms with Gasteiger partial charge in [-0.25, -0.2) is 9.78 Å². The Labute approximate surface area is 125 Å². The van der Waals surface area contributed by atoms with Gasteiger partial charge in [0.2, 0.25) is 0 Å². The highest BCUT2D eigenvalue weighted by atomic mass is 16.2. The molecule has 1 aromatic carbocycles. The third-order valence-electron chi connectivity index (χ3n) is 2.94. The Morgan fingerprint density at radius 2 is 2.00 bits per heavy atom. The third-order valence-corrected chi connectivity index (χ3v) is 2.94. The van der Waals surface area contributed by atoms with Crippen molar-refractivity contribution in [2.24, 2.45) is 0 Å². The molecule has 0 saturated heterocycles. The Kier molecular flexibility index (Phi) is 3.58. The smallest absolute Gasteiger partial charge is 0.307 e. The van der Waals surface area contributed by atoms with Crippen LogP contribution < -0.4 is 10.6 Å². The lowest BCUT2D eigenvalue weighted by Gasteiger charge is -2.09. The topological polar surface area (TPSA) is 104 Å². The molecule has 0 aliphatic carbocycles. The molecule has 0 atom stereocenters. The molecule has 2 amide bonds. The number of nitrogens with one attached hydrogen (secondary N) is 2. The Hall–Kier alpha value is -3.53. The first-order chi connectivity index (χ1) is 10.8. The highest BCUT2D eigenvalue weighted by Gasteiger charge is 2.09. The molecule has 7 nitrogen and oxygen atoms in total. The zero-order chi connectivity index (χ0) is 15.4. The van der Waals surface area contributed by atoms with Crippen LogP contribution >= 0.6 is 0 Å². The van der Waals surface area contributed by atoms with E-state index in [4.69, 9.17) is 5.26 Å². The summed E-state index contributed by atoms with van der Waals surface area (Å²) in [5.74, 6) is 0.344. The number of urea groups is 1. The molecule has 0 unspecified atom stereocenters. The minimum atomic E-state index is -0.449. The summed E-state index contributed by atoms with van der Waals surface area (Å²) in [4.78, 5) is 24.0. The molecule has 22 heavy (non-hydrogen) atoms. The maximum atomic E-state index is 12.0. The molecule has 0 aliphatic heterocycles. The van der Waals surface area contributed by atoms with Crippen LogP contribution in [0, 0.1) is 11.3 Å². The SMILES string of the molecule is N#Cc1cccc2c(NC(=O)Nc3cnccn3)ccnc12. The molecular formula is C15H10N6O. The van der Waals surface area contributed by atoms with Crippen molar-refractivity contribution in [3.63, 3.8) is 0 Å². The third kappa shape index (κ3) is 2.66. The molecule has 3 rings (SSSR count). The molecule has 3 aromatic rings. The summed E-state index contributed by atoms with van der Waals surface area (Å²) in [7, 11) is 0. The van der Waals surface area contributed by atoms with Crippen molar-refractivity contribution < 1.29 is 4.79 Å². The van der Waals surface area contributed by atoms with Crippen LogP contribution in [0.4, 0.5) is 16.3 Å². The van der Waals surface area contributed by atoms with Crippen LogP contribution in [0.3, 0.4) is 0 Å². The van der Waals surface area contributed by atoms with Crippen LogP contribution in [0.1, 0.15) is 5.56 Å². The van der Waals surface area contributed by atoms with Gasteiger partial charge in [-0.2, -0.15) is 5.26 Å². The number of fused-ring (bicyclic) bond motifs is 1. The number of carbonyl (C=O) groups is 1. The molecule has 0 radical (unpaired) electrons. The van der Waals surface area contributed by atoms with E-state index in [1.54, 1.807) is 30.5 Å². The Bertz CT molecular complexity index is 872. The number of anilines is 2. The number of nitrogens with zero attached hydrogens (tertiary/aromatic N) is 4. The molecular weight excluding hydrogens is 280 g/mol. The number of rotatable bonds is 2. The van der Waals surface area contributed by atoms with Gasteiger partial charge in [0.1, 0.15) is 6.07 Å². The van der Waals surface area contributed by atoms with E-state index in [1.165, 1.54) is 18.6 Å². The van der Waals surface area contributed by atoms with Crippen LogP contribution in [-0.2, 0) is 0 Å². The fourth-order valence-corrected chi connectivity index (χ4v) is 2.01. The number of hydrogen-bond acceptors (Lipinski definition) is 5. The molecule has 0 fully saturated rings. The van der Waals surface area contributed by atoms with Crippen molar-refractivity contribution in [1.29, 1.82) is 5.26 Å². The number of pyridine rings is 1. The second-order valence-corrected chi connectivity index (χ2v) is 4.34. The van der Waals surface area contributed by atoms with Gasteiger partial charge in [0.15, 0.2) is 5.82 Å². The second-order valence-electron chi connectivity index (χ2n) is 4.34. The number of aromatic nitrogens is 3. The molecule has 2 heterocycles. The minimum absolute atomic E-state index is 0.344. The molecule has 0 saturated carbocycles. The molecule has 0 bridgehead atoms. The lowest BCUT2D eigenvalue weighted by molar-refractivity contribution is 0.262. The monoisotopic (exact) mass is 290 g/mol. The lowest BCUT2D eigenvalue weighted by Crippen LogP contribution is -2.20. The van der Waals surface area contributed by atoms with Gasteiger partial charge >= 0.3 is 6.03 Å². The molecule has 2 aromatic heterocycles. The average molecular weight is 290 g/mol. The van der Waals surface area contributed by atoms with Crippen molar-refractivity contribution in [2.75, 3.05) is 10.6 Å². The van der Waals surface area contributed by atoms with Crippen molar-refractivity contribution in [3.8, 4) is 6.07 Å². The molecule has 0 spiro atoms. The van der Waals surface area contributed by atoms with E-state index in [1.807, 2.05) is 0 Å². The van der Waals surface area contributed by atoms with E-state index < -0.39 is 6.03 Å². The standard InChI is InChI=1S/C15H10N6O/c16-8-10-2-1-3-11-12(4-5-19-14(10)11)20-15(22)21-13-9-17-6-7-18-13/h1-7,9H,(H2,18,19,20,21,22). The zero-order valence-electron chi connectivity index (χ0n) is 11.3. The summed E-state index contributed by atoms with van der Waals surface area (Å²) >= 11 is 0. The van der Waals surface area contributed by atoms with Crippen molar-refractivity contribution in [3.05, 3.63) is 54.6 Å². The predicted octanol–water partition coefficient (Wildman–Crippen LogP) is 2.54. The summed E-state index contributed by atoms with van der Waals surface area (Å²) in [6.45, 7) is 0. The number of para-hydroxylation sites is 1. The van der Waals surface area contributed by atoms with Crippen LogP contribution in [0.5, 0.6) is 0 Å². The van der Waals surface area contributed by atoms with Crippen LogP contribution in [-0.4, -0.2) is 21.0 Å². The summed E-state index contributed by atoms with van der Waals surface area (Å²) in [6, 6.07) is 8.52. The van der Waals surface area contributed by atoms with Crippen molar-refractivity contribution in [2.45, 2.75) is 0 Å². The summed E-state index contributed by atoms with van der Waals surface area (Å²) in [5, 5.41) is 15.1. The second kappa shape index (κ2) is 5.85. The largest absolute Gasteiger partial charge is 0.324 e. The minimum Gasteiger partial charge on any atom is -0.307 e. The summed E-state index contributed by atoms with van der Waals surface area (Å²) in [6.07, 6.45) is 5.98. The fraction of sp³-hybridized carbons (Fsp3) is 0. The van der Waals surface area contributed by atoms with Crippen molar-refractivity contribution >= 4 is 28.4 Å². The Morgan fingerprint density at radius 3 is 2.77 bits per heavy atom. The quantitative estimate of drug-likeness (QED) is 0.754. The van der Waals surface area contributed by atoms with Crippen LogP contribution in [0.2, 0.25) is 0 Å². The Morgan fingerprint density at radius 1 is 1.09 bits per heavy atom. The zero-order valence-corrected chi connectivity index (χ0v) is 11.3. The fourth-order valence-electron chi connectivity index (χ4n) is 2.01. The number of amides is 2. The number of carbonyl (C=O) groups excluding carboxylic acids is 1. The first-order valence-corrected chi connectivity index (χ1v) is 6.40. The van der Waals surface area contributed by atoms with Gasteiger partial charge in [-0.15, -0.1) is 0 Å². The van der Waals surface area contributed by atoms with Gasteiger partial charge in [0, 0.05) is 24.0 Å². The molecule has 7 heteroatoms. The number of hydrogen-bond donors (Lipinski definition) is 2. The summed E-state index contributed by atoms with van der Waals surface area (Å²) in [5.41, 5.74) is 1.56. The van der Waals surface area contributed by atoms with Gasteiger partial charge in [-0.05, 0) is 12.1 Å². The molecule has 106 valence electrons. The van der Waals surface area contributed by atoms with E-state index in [2.05, 4.69) is 31.7 Å². The molecule has 2 N–H and O–H groups in total. The van der Waals surface area contributed by atoms with Crippen LogP contribution in [0.25, 0.3) is 10.9 Å². The highest BCUT2D eigenvalue weighted by Crippen LogP contribution is 2.23. The first-order valence-electron chi connectivity index (χ1n) is 6.40. The van der Waals surface area contributed by atoms with E-state index in [9.17, 15) is 4.79 Å². The van der Waals surface area contributed by atoms with Crippen LogP contribution in [0.15, 0.2) is 49.1 Å².